The van der Waals surface area contributed by atoms with Gasteiger partial charge in [0.2, 0.25) is 0 Å². The Morgan fingerprint density at radius 3 is 2.67 bits per heavy atom. The molecule has 2 aromatic heterocycles. The van der Waals surface area contributed by atoms with E-state index in [0.717, 1.165) is 36.3 Å². The number of nitrogens with zero attached hydrogens (tertiary/aromatic N) is 3. The summed E-state index contributed by atoms with van der Waals surface area (Å²) in [7, 11) is 0. The molecule has 3 heterocycles. The molecule has 1 unspecified atom stereocenters. The number of benzene rings is 1. The number of hydrogen-bond acceptors (Lipinski definition) is 7. The molecule has 1 amide bonds. The Morgan fingerprint density at radius 1 is 1.19 bits per heavy atom. The highest BCUT2D eigenvalue weighted by atomic mass is 19.1. The van der Waals surface area contributed by atoms with Crippen LogP contribution in [0.1, 0.15) is 47.6 Å². The van der Waals surface area contributed by atoms with Gasteiger partial charge in [-0.25, -0.2) is 13.8 Å². The van der Waals surface area contributed by atoms with Crippen LogP contribution in [0, 0.1) is 17.6 Å². The quantitative estimate of drug-likeness (QED) is 0.437. The van der Waals surface area contributed by atoms with Gasteiger partial charge in [-0.2, -0.15) is 0 Å². The zero-order valence-electron chi connectivity index (χ0n) is 19.8. The molecule has 3 atom stereocenters. The number of aromatic nitrogens is 2. The van der Waals surface area contributed by atoms with Gasteiger partial charge >= 0.3 is 0 Å². The van der Waals surface area contributed by atoms with Crippen molar-refractivity contribution >= 4 is 23.0 Å². The monoisotopic (exact) mass is 494 g/mol. The first-order valence-corrected chi connectivity index (χ1v) is 12.0. The van der Waals surface area contributed by atoms with Gasteiger partial charge in [-0.05, 0) is 49.4 Å². The number of nitrogens with one attached hydrogen (secondary N) is 1. The van der Waals surface area contributed by atoms with Crippen molar-refractivity contribution in [3.63, 3.8) is 0 Å². The number of aliphatic hydroxyl groups is 1. The predicted octanol–water partition coefficient (Wildman–Crippen LogP) is 3.41. The maximum Gasteiger partial charge on any atom is 0.276 e. The molecule has 2 aliphatic rings. The number of pyridine rings is 2. The molecule has 6 N–H and O–H groups in total. The summed E-state index contributed by atoms with van der Waals surface area (Å²) in [4.78, 5) is 24.1. The van der Waals surface area contributed by atoms with Gasteiger partial charge < -0.3 is 26.8 Å². The number of nitrogen functional groups attached to an aromatic ring is 1. The van der Waals surface area contributed by atoms with E-state index in [-0.39, 0.29) is 28.7 Å². The Balaban J connectivity index is 1.53. The lowest BCUT2D eigenvalue weighted by Crippen LogP contribution is -2.47. The van der Waals surface area contributed by atoms with Crippen molar-refractivity contribution in [3.8, 4) is 11.3 Å². The van der Waals surface area contributed by atoms with Crippen LogP contribution in [0.3, 0.4) is 0 Å². The van der Waals surface area contributed by atoms with Gasteiger partial charge in [0.1, 0.15) is 11.6 Å². The van der Waals surface area contributed by atoms with Crippen LogP contribution in [0.4, 0.5) is 25.8 Å². The van der Waals surface area contributed by atoms with Crippen LogP contribution in [0.15, 0.2) is 36.5 Å². The summed E-state index contributed by atoms with van der Waals surface area (Å²) < 4.78 is 28.7. The number of fused-ring (bicyclic) bond motifs is 1. The highest BCUT2D eigenvalue weighted by molar-refractivity contribution is 6.08. The number of amides is 1. The van der Waals surface area contributed by atoms with Gasteiger partial charge in [0, 0.05) is 24.7 Å². The molecule has 1 aliphatic carbocycles. The first kappa shape index (κ1) is 24.1. The number of carbonyl (C=O) groups excluding carboxylic acids is 1. The van der Waals surface area contributed by atoms with Crippen molar-refractivity contribution in [2.75, 3.05) is 29.0 Å². The lowest BCUT2D eigenvalue weighted by atomic mass is 9.95. The Hall–Kier alpha value is -3.63. The van der Waals surface area contributed by atoms with Crippen molar-refractivity contribution in [1.82, 2.24) is 9.97 Å². The first-order chi connectivity index (χ1) is 17.2. The maximum atomic E-state index is 14.3. The SMILES string of the molecule is C[C@@H]1C[C@H](N)CN(c2c(NC(=O)c3nc(-c4c(F)cccc4F)ccc3N)cnc3c2CCC3O)C1. The number of piperidine rings is 1. The third-order valence-electron chi connectivity index (χ3n) is 6.78. The molecule has 8 nitrogen and oxygen atoms in total. The molecule has 1 aromatic carbocycles. The van der Waals surface area contributed by atoms with Gasteiger partial charge in [0.25, 0.3) is 5.91 Å². The maximum absolute atomic E-state index is 14.3. The van der Waals surface area contributed by atoms with Crippen LogP contribution in [0.2, 0.25) is 0 Å². The zero-order chi connectivity index (χ0) is 25.6. The highest BCUT2D eigenvalue weighted by Gasteiger charge is 2.32. The second-order valence-electron chi connectivity index (χ2n) is 9.63. The summed E-state index contributed by atoms with van der Waals surface area (Å²) in [6, 6.07) is 6.23. The Bertz CT molecular complexity index is 1300. The normalized spacial score (nSPS) is 21.4. The summed E-state index contributed by atoms with van der Waals surface area (Å²) in [5.41, 5.74) is 14.6. The summed E-state index contributed by atoms with van der Waals surface area (Å²) in [6.45, 7) is 3.46. The van der Waals surface area contributed by atoms with Crippen molar-refractivity contribution in [2.45, 2.75) is 38.3 Å². The molecule has 0 bridgehead atoms. The summed E-state index contributed by atoms with van der Waals surface area (Å²) in [5, 5.41) is 13.2. The molecule has 1 aliphatic heterocycles. The summed E-state index contributed by atoms with van der Waals surface area (Å²) in [6.07, 6.45) is 2.91. The number of halogens is 2. The van der Waals surface area contributed by atoms with E-state index in [1.807, 2.05) is 0 Å². The van der Waals surface area contributed by atoms with E-state index in [1.54, 1.807) is 0 Å². The van der Waals surface area contributed by atoms with E-state index in [4.69, 9.17) is 11.5 Å². The number of anilines is 3. The fraction of sp³-hybridized carbons (Fsp3) is 0.346. The third kappa shape index (κ3) is 4.38. The summed E-state index contributed by atoms with van der Waals surface area (Å²) in [5.74, 6) is -1.88. The molecular formula is C26H28F2N6O2. The highest BCUT2D eigenvalue weighted by Crippen LogP contribution is 2.41. The largest absolute Gasteiger partial charge is 0.397 e. The minimum atomic E-state index is -0.794. The third-order valence-corrected chi connectivity index (χ3v) is 6.78. The summed E-state index contributed by atoms with van der Waals surface area (Å²) >= 11 is 0. The molecule has 36 heavy (non-hydrogen) atoms. The van der Waals surface area contributed by atoms with Gasteiger partial charge in [-0.1, -0.05) is 13.0 Å². The fourth-order valence-electron chi connectivity index (χ4n) is 5.26. The van der Waals surface area contributed by atoms with Gasteiger partial charge in [-0.15, -0.1) is 0 Å². The van der Waals surface area contributed by atoms with Crippen LogP contribution in [-0.2, 0) is 6.42 Å². The fourth-order valence-corrected chi connectivity index (χ4v) is 5.26. The molecule has 1 fully saturated rings. The van der Waals surface area contributed by atoms with Gasteiger partial charge in [0.15, 0.2) is 5.69 Å². The van der Waals surface area contributed by atoms with E-state index in [0.29, 0.717) is 36.7 Å². The van der Waals surface area contributed by atoms with Crippen LogP contribution < -0.4 is 21.7 Å². The molecule has 0 saturated carbocycles. The number of aliphatic hydroxyl groups excluding tert-OH is 1. The van der Waals surface area contributed by atoms with E-state index < -0.39 is 23.6 Å². The minimum Gasteiger partial charge on any atom is -0.397 e. The lowest BCUT2D eigenvalue weighted by molar-refractivity contribution is 0.102. The second kappa shape index (κ2) is 9.44. The zero-order valence-corrected chi connectivity index (χ0v) is 19.8. The van der Waals surface area contributed by atoms with Crippen LogP contribution in [0.25, 0.3) is 11.3 Å². The number of rotatable bonds is 4. The van der Waals surface area contributed by atoms with Gasteiger partial charge in [0.05, 0.1) is 46.3 Å². The topological polar surface area (TPSA) is 130 Å². The smallest absolute Gasteiger partial charge is 0.276 e. The van der Waals surface area contributed by atoms with E-state index in [1.165, 1.54) is 24.4 Å². The van der Waals surface area contributed by atoms with Crippen molar-refractivity contribution in [2.24, 2.45) is 11.7 Å². The van der Waals surface area contributed by atoms with Crippen LogP contribution in [0.5, 0.6) is 0 Å². The molecule has 0 radical (unpaired) electrons. The Morgan fingerprint density at radius 2 is 1.94 bits per heavy atom. The van der Waals surface area contributed by atoms with Crippen LogP contribution in [-0.4, -0.2) is 40.1 Å². The number of nitrogens with two attached hydrogens (primary N) is 2. The van der Waals surface area contributed by atoms with Crippen molar-refractivity contribution in [1.29, 1.82) is 0 Å². The number of hydrogen-bond donors (Lipinski definition) is 4. The van der Waals surface area contributed by atoms with E-state index in [9.17, 15) is 18.7 Å². The van der Waals surface area contributed by atoms with E-state index in [2.05, 4.69) is 27.1 Å². The molecule has 1 saturated heterocycles. The van der Waals surface area contributed by atoms with Gasteiger partial charge in [-0.3, -0.25) is 9.78 Å². The molecular weight excluding hydrogens is 466 g/mol. The molecule has 0 spiro atoms. The lowest BCUT2D eigenvalue weighted by Gasteiger charge is -2.38. The molecule has 3 aromatic rings. The minimum absolute atomic E-state index is 0.0305. The van der Waals surface area contributed by atoms with Crippen molar-refractivity contribution < 1.29 is 18.7 Å². The number of carbonyl (C=O) groups is 1. The average Bonchev–Trinajstić information content (AvgIpc) is 3.19. The standard InChI is InChI=1S/C26H28F2N6O2/c1-13-9-14(29)12-34(11-13)25-15-5-8-21(35)23(15)31-10-20(25)33-26(36)24-18(30)6-7-19(32-24)22-16(27)3-2-4-17(22)28/h2-4,6-7,10,13-14,21,35H,5,8-9,11-12,29-30H2,1H3,(H,33,36)/t13-,14+,21?/m1/s1. The van der Waals surface area contributed by atoms with Crippen molar-refractivity contribution in [3.05, 3.63) is 65.1 Å². The first-order valence-electron chi connectivity index (χ1n) is 12.0. The second-order valence-corrected chi connectivity index (χ2v) is 9.63. The average molecular weight is 495 g/mol. The Kier molecular flexibility index (Phi) is 6.31. The molecule has 188 valence electrons. The van der Waals surface area contributed by atoms with Crippen LogP contribution >= 0.6 is 0 Å². The van der Waals surface area contributed by atoms with E-state index >= 15 is 0 Å². The Labute approximate surface area is 207 Å². The molecule has 5 rings (SSSR count). The molecule has 10 heteroatoms. The predicted molar refractivity (Wildman–Crippen MR) is 133 cm³/mol.